The van der Waals surface area contributed by atoms with Crippen LogP contribution >= 0.6 is 0 Å². The molecule has 24 heavy (non-hydrogen) atoms. The normalized spacial score (nSPS) is 25.8. The molecule has 3 unspecified atom stereocenters. The third-order valence-corrected chi connectivity index (χ3v) is 4.62. The Morgan fingerprint density at radius 3 is 2.42 bits per heavy atom. The number of fused-ring (bicyclic) bond motifs is 1. The summed E-state index contributed by atoms with van der Waals surface area (Å²) in [6.45, 7) is 6.60. The fourth-order valence-corrected chi connectivity index (χ4v) is 3.02. The molecule has 8 heteroatoms. The number of nitrogens with two attached hydrogens (primary N) is 1. The van der Waals surface area contributed by atoms with E-state index in [4.69, 9.17) is 16.0 Å². The lowest BCUT2D eigenvalue weighted by molar-refractivity contribution is -1.63. The monoisotopic (exact) mass is 446 g/mol. The van der Waals surface area contributed by atoms with Gasteiger partial charge >= 0.3 is 21.1 Å². The highest BCUT2D eigenvalue weighted by molar-refractivity contribution is 6.08. The minimum atomic E-state index is -3.76. The molecular weight excluding hydrogens is 423 g/mol. The predicted molar refractivity (Wildman–Crippen MR) is 85.9 cm³/mol. The SMILES string of the molecule is CC1=CC(N2c3ccccc3C(C)C2C)=NC(N)N1C.[O-][I+2]([O-])O. The first kappa shape index (κ1) is 19.1. The number of hydrogen-bond acceptors (Lipinski definition) is 7. The second-order valence-electron chi connectivity index (χ2n) is 5.96. The number of para-hydroxylation sites is 1. The first-order valence-corrected chi connectivity index (χ1v) is 10.3. The number of amidine groups is 1. The molecule has 3 N–H and O–H groups in total. The molecule has 1 aromatic rings. The van der Waals surface area contributed by atoms with Gasteiger partial charge in [-0.1, -0.05) is 25.1 Å². The molecule has 0 amide bonds. The summed E-state index contributed by atoms with van der Waals surface area (Å²) in [6, 6.07) is 8.97. The fraction of sp³-hybridized carbons (Fsp3) is 0.438. The maximum absolute atomic E-state index is 8.68. The van der Waals surface area contributed by atoms with Gasteiger partial charge in [0.05, 0.1) is 0 Å². The highest BCUT2D eigenvalue weighted by Crippen LogP contribution is 2.41. The Balaban J connectivity index is 0.000000471. The first-order valence-electron chi connectivity index (χ1n) is 7.61. The van der Waals surface area contributed by atoms with E-state index in [1.807, 2.05) is 11.9 Å². The van der Waals surface area contributed by atoms with Crippen molar-refractivity contribution in [2.24, 2.45) is 10.7 Å². The van der Waals surface area contributed by atoms with Crippen molar-refractivity contribution < 1.29 is 31.4 Å². The van der Waals surface area contributed by atoms with E-state index in [-0.39, 0.29) is 6.29 Å². The van der Waals surface area contributed by atoms with Gasteiger partial charge in [0.2, 0.25) is 0 Å². The first-order chi connectivity index (χ1) is 11.2. The van der Waals surface area contributed by atoms with Gasteiger partial charge in [-0.2, -0.15) is 0 Å². The van der Waals surface area contributed by atoms with E-state index in [0.29, 0.717) is 12.0 Å². The van der Waals surface area contributed by atoms with Crippen LogP contribution < -0.4 is 38.6 Å². The Hall–Kier alpha value is -1.20. The fourth-order valence-electron chi connectivity index (χ4n) is 3.02. The Morgan fingerprint density at radius 2 is 1.83 bits per heavy atom. The quantitative estimate of drug-likeness (QED) is 0.402. The zero-order chi connectivity index (χ0) is 18.0. The van der Waals surface area contributed by atoms with Crippen molar-refractivity contribution in [3.05, 3.63) is 41.6 Å². The highest BCUT2D eigenvalue weighted by Gasteiger charge is 2.35. The molecule has 132 valence electrons. The standard InChI is InChI=1S/C16H22N4.HIO3/c1-10-9-15(18-16(17)19(10)4)20-12(3)11(2)13-7-5-6-8-14(13)20;2-1(3)4/h5-9,11-12,16H,17H2,1-4H3;2H. The minimum absolute atomic E-state index is 0.301. The summed E-state index contributed by atoms with van der Waals surface area (Å²) in [5.74, 6) is 1.47. The Kier molecular flexibility index (Phi) is 6.21. The average Bonchev–Trinajstić information content (AvgIpc) is 2.76. The summed E-state index contributed by atoms with van der Waals surface area (Å²) in [7, 11) is 1.97. The third-order valence-electron chi connectivity index (χ3n) is 4.62. The van der Waals surface area contributed by atoms with E-state index in [1.165, 1.54) is 11.3 Å². The van der Waals surface area contributed by atoms with Crippen LogP contribution in [-0.2, 0) is 0 Å². The molecule has 2 aliphatic rings. The molecule has 7 nitrogen and oxygen atoms in total. The third kappa shape index (κ3) is 3.89. The van der Waals surface area contributed by atoms with Crippen molar-refractivity contribution in [3.63, 3.8) is 0 Å². The molecule has 0 bridgehead atoms. The predicted octanol–water partition coefficient (Wildman–Crippen LogP) is -3.44. The van der Waals surface area contributed by atoms with E-state index in [2.05, 4.69) is 61.0 Å². The molecule has 0 spiro atoms. The highest BCUT2D eigenvalue weighted by atomic mass is 127. The summed E-state index contributed by atoms with van der Waals surface area (Å²) in [5, 5.41) is 0. The molecule has 0 radical (unpaired) electrons. The lowest BCUT2D eigenvalue weighted by Gasteiger charge is -2.34. The van der Waals surface area contributed by atoms with Gasteiger partial charge in [-0.25, -0.2) is 4.99 Å². The van der Waals surface area contributed by atoms with Crippen molar-refractivity contribution in [2.75, 3.05) is 11.9 Å². The van der Waals surface area contributed by atoms with Crippen LogP contribution in [0.25, 0.3) is 0 Å². The molecular formula is C16H23IN4O3. The van der Waals surface area contributed by atoms with Crippen LogP contribution in [0.4, 0.5) is 5.69 Å². The van der Waals surface area contributed by atoms with Gasteiger partial charge in [-0.15, -0.1) is 0 Å². The molecule has 0 saturated carbocycles. The number of halogens is 1. The number of nitrogens with zero attached hydrogens (tertiary/aromatic N) is 3. The maximum atomic E-state index is 8.68. The molecule has 0 saturated heterocycles. The average molecular weight is 446 g/mol. The van der Waals surface area contributed by atoms with Crippen LogP contribution in [0.15, 0.2) is 41.0 Å². The van der Waals surface area contributed by atoms with Crippen LogP contribution in [0.2, 0.25) is 0 Å². The number of benzene rings is 1. The molecule has 0 aliphatic carbocycles. The summed E-state index contributed by atoms with van der Waals surface area (Å²) >= 11 is -3.76. The second kappa shape index (κ2) is 7.79. The van der Waals surface area contributed by atoms with E-state index >= 15 is 0 Å². The van der Waals surface area contributed by atoms with Crippen LogP contribution in [0, 0.1) is 0 Å². The number of aliphatic imine (C=N–C) groups is 1. The van der Waals surface area contributed by atoms with Gasteiger partial charge in [0.1, 0.15) is 5.84 Å². The Morgan fingerprint density at radius 1 is 1.25 bits per heavy atom. The topological polar surface area (TPSA) is 111 Å². The van der Waals surface area contributed by atoms with Crippen LogP contribution in [0.1, 0.15) is 32.3 Å². The summed E-state index contributed by atoms with van der Waals surface area (Å²) in [6.07, 6.45) is 1.82. The molecule has 2 aliphatic heterocycles. The zero-order valence-corrected chi connectivity index (χ0v) is 16.3. The largest absolute Gasteiger partial charge is 0.503 e. The van der Waals surface area contributed by atoms with Crippen molar-refractivity contribution in [2.45, 2.75) is 39.0 Å². The van der Waals surface area contributed by atoms with E-state index < -0.39 is 21.1 Å². The summed E-state index contributed by atoms with van der Waals surface area (Å²) < 4.78 is 24.5. The van der Waals surface area contributed by atoms with E-state index in [1.54, 1.807) is 0 Å². The smallest absolute Gasteiger partial charge is 0.396 e. The maximum Gasteiger partial charge on any atom is 0.503 e. The van der Waals surface area contributed by atoms with Gasteiger partial charge in [-0.05, 0) is 35.0 Å². The van der Waals surface area contributed by atoms with Gasteiger partial charge < -0.3 is 16.7 Å². The molecule has 3 rings (SSSR count). The van der Waals surface area contributed by atoms with Gasteiger partial charge in [0.25, 0.3) is 0 Å². The Labute approximate surface area is 151 Å². The Bertz CT molecular complexity index is 647. The van der Waals surface area contributed by atoms with Crippen molar-refractivity contribution >= 4 is 11.5 Å². The van der Waals surface area contributed by atoms with Gasteiger partial charge in [-0.3, -0.25) is 5.73 Å². The lowest BCUT2D eigenvalue weighted by Crippen LogP contribution is -3.98. The second-order valence-corrected chi connectivity index (χ2v) is 7.10. The zero-order valence-electron chi connectivity index (χ0n) is 14.2. The lowest BCUT2D eigenvalue weighted by atomic mass is 9.98. The molecule has 2 heterocycles. The van der Waals surface area contributed by atoms with Gasteiger partial charge in [0.15, 0.2) is 6.29 Å². The number of anilines is 1. The van der Waals surface area contributed by atoms with Gasteiger partial charge in [0, 0.05) is 30.4 Å². The number of hydrogen-bond donors (Lipinski definition) is 2. The van der Waals surface area contributed by atoms with Crippen LogP contribution in [-0.4, -0.2) is 33.6 Å². The van der Waals surface area contributed by atoms with Crippen LogP contribution in [0.5, 0.6) is 0 Å². The summed E-state index contributed by atoms with van der Waals surface area (Å²) in [5.41, 5.74) is 9.89. The van der Waals surface area contributed by atoms with Crippen molar-refractivity contribution in [1.82, 2.24) is 4.90 Å². The van der Waals surface area contributed by atoms with E-state index in [9.17, 15) is 0 Å². The molecule has 3 atom stereocenters. The van der Waals surface area contributed by atoms with E-state index in [0.717, 1.165) is 11.5 Å². The van der Waals surface area contributed by atoms with Crippen LogP contribution in [0.3, 0.4) is 0 Å². The molecule has 0 fully saturated rings. The molecule has 0 aromatic heterocycles. The number of allylic oxidation sites excluding steroid dienone is 1. The minimum Gasteiger partial charge on any atom is -0.396 e. The summed E-state index contributed by atoms with van der Waals surface area (Å²) in [4.78, 5) is 8.95. The molecule has 1 aromatic carbocycles. The number of rotatable bonds is 0. The van der Waals surface area contributed by atoms with Crippen molar-refractivity contribution in [3.8, 4) is 0 Å². The van der Waals surface area contributed by atoms with Crippen molar-refractivity contribution in [1.29, 1.82) is 0 Å².